The van der Waals surface area contributed by atoms with Crippen LogP contribution in [0.5, 0.6) is 0 Å². The van der Waals surface area contributed by atoms with Crippen molar-refractivity contribution >= 4 is 38.9 Å². The van der Waals surface area contributed by atoms with Crippen LogP contribution < -0.4 is 4.90 Å². The van der Waals surface area contributed by atoms with Crippen LogP contribution in [0.1, 0.15) is 0 Å². The maximum Gasteiger partial charge on any atom is 0.162 e. The molecule has 0 aliphatic carbocycles. The van der Waals surface area contributed by atoms with E-state index < -0.39 is 0 Å². The van der Waals surface area contributed by atoms with Gasteiger partial charge in [0.25, 0.3) is 0 Å². The van der Waals surface area contributed by atoms with Crippen molar-refractivity contribution in [1.82, 2.24) is 14.5 Å². The number of nitrogens with zero attached hydrogens (tertiary/aromatic N) is 4. The molecule has 0 bridgehead atoms. The zero-order chi connectivity index (χ0) is 37.0. The summed E-state index contributed by atoms with van der Waals surface area (Å²) in [6, 6.07) is 73.3. The lowest BCUT2D eigenvalue weighted by atomic mass is 9.98. The molecule has 0 atom stereocenters. The minimum atomic E-state index is 0.668. The molecule has 8 aromatic carbocycles. The van der Waals surface area contributed by atoms with E-state index in [1.165, 1.54) is 27.2 Å². The Bertz CT molecular complexity index is 3090. The van der Waals surface area contributed by atoms with E-state index in [2.05, 4.69) is 204 Å². The number of fused-ring (bicyclic) bond motifs is 8. The van der Waals surface area contributed by atoms with Crippen molar-refractivity contribution in [1.29, 1.82) is 0 Å². The second-order valence-corrected chi connectivity index (χ2v) is 14.2. The van der Waals surface area contributed by atoms with Crippen LogP contribution in [-0.4, -0.2) is 14.5 Å². The van der Waals surface area contributed by atoms with Crippen LogP contribution >= 0.6 is 0 Å². The van der Waals surface area contributed by atoms with Gasteiger partial charge in [0.1, 0.15) is 5.82 Å². The monoisotopic (exact) mass is 714 g/mol. The maximum absolute atomic E-state index is 5.46. The lowest BCUT2D eigenvalue weighted by molar-refractivity contribution is 1.12. The number of benzene rings is 8. The highest BCUT2D eigenvalue weighted by Gasteiger charge is 2.32. The summed E-state index contributed by atoms with van der Waals surface area (Å²) in [4.78, 5) is 13.0. The van der Waals surface area contributed by atoms with E-state index in [1.807, 2.05) is 12.1 Å². The SMILES string of the molecule is c1ccc(-c2cccc(-c3nc(-c4ccccc4)cc(N4c5ccccc5-c5c(n(-c6ccc7ccccc7c6)c6ccccc56)-c5ccccc54)n3)c2)cc1. The topological polar surface area (TPSA) is 34.0 Å². The molecule has 2 aromatic heterocycles. The summed E-state index contributed by atoms with van der Waals surface area (Å²) >= 11 is 0. The van der Waals surface area contributed by atoms with E-state index in [0.717, 1.165) is 67.6 Å². The highest BCUT2D eigenvalue weighted by Crippen LogP contribution is 2.54. The van der Waals surface area contributed by atoms with Crippen molar-refractivity contribution in [2.75, 3.05) is 4.90 Å². The molecule has 56 heavy (non-hydrogen) atoms. The zero-order valence-electron chi connectivity index (χ0n) is 30.4. The fourth-order valence-electron chi connectivity index (χ4n) is 8.38. The molecule has 0 fully saturated rings. The van der Waals surface area contributed by atoms with Crippen LogP contribution in [0, 0.1) is 0 Å². The molecule has 0 saturated heterocycles. The maximum atomic E-state index is 5.46. The molecule has 4 nitrogen and oxygen atoms in total. The van der Waals surface area contributed by atoms with E-state index in [1.54, 1.807) is 0 Å². The average Bonchev–Trinajstić information content (AvgIpc) is 3.56. The average molecular weight is 715 g/mol. The second-order valence-electron chi connectivity index (χ2n) is 14.2. The number of hydrogen-bond acceptors (Lipinski definition) is 3. The van der Waals surface area contributed by atoms with Crippen molar-refractivity contribution in [3.05, 3.63) is 206 Å². The molecule has 0 spiro atoms. The first-order chi connectivity index (χ1) is 27.8. The Labute approximate surface area is 325 Å². The van der Waals surface area contributed by atoms with Crippen LogP contribution in [0.3, 0.4) is 0 Å². The molecular formula is C52H34N4. The molecule has 262 valence electrons. The third-order valence-electron chi connectivity index (χ3n) is 10.9. The second kappa shape index (κ2) is 13.1. The molecular weight excluding hydrogens is 681 g/mol. The standard InChI is InChI=1S/C52H34N4/c1-3-16-35(17-4-1)38-22-15-23-40(32-38)52-53-45(37-19-5-2-6-20-37)34-49(54-52)56-47-28-13-10-25-43(47)50-42-24-9-12-27-46(42)55(51(50)44-26-11-14-29-48(44)56)41-31-30-36-18-7-8-21-39(36)33-41/h1-34H. The van der Waals surface area contributed by atoms with Crippen molar-refractivity contribution in [2.24, 2.45) is 0 Å². The van der Waals surface area contributed by atoms with Crippen LogP contribution in [0.25, 0.3) is 83.5 Å². The van der Waals surface area contributed by atoms with E-state index >= 15 is 0 Å². The Morgan fingerprint density at radius 1 is 0.393 bits per heavy atom. The third kappa shape index (κ3) is 5.23. The Morgan fingerprint density at radius 2 is 1.02 bits per heavy atom. The summed E-state index contributed by atoms with van der Waals surface area (Å²) in [5.74, 6) is 1.47. The van der Waals surface area contributed by atoms with Crippen LogP contribution in [0.15, 0.2) is 206 Å². The van der Waals surface area contributed by atoms with Gasteiger partial charge in [-0.05, 0) is 58.3 Å². The van der Waals surface area contributed by atoms with E-state index in [0.29, 0.717) is 5.82 Å². The van der Waals surface area contributed by atoms with Crippen LogP contribution in [0.2, 0.25) is 0 Å². The van der Waals surface area contributed by atoms with Crippen LogP contribution in [-0.2, 0) is 0 Å². The van der Waals surface area contributed by atoms with Gasteiger partial charge >= 0.3 is 0 Å². The number of para-hydroxylation sites is 3. The molecule has 11 rings (SSSR count). The van der Waals surface area contributed by atoms with Gasteiger partial charge in [0.05, 0.1) is 28.3 Å². The van der Waals surface area contributed by atoms with Gasteiger partial charge in [-0.15, -0.1) is 0 Å². The summed E-state index contributed by atoms with van der Waals surface area (Å²) in [6.07, 6.45) is 0. The minimum Gasteiger partial charge on any atom is -0.309 e. The molecule has 0 unspecified atom stereocenters. The van der Waals surface area contributed by atoms with Gasteiger partial charge in [-0.25, -0.2) is 9.97 Å². The smallest absolute Gasteiger partial charge is 0.162 e. The molecule has 10 aromatic rings. The lowest BCUT2D eigenvalue weighted by Crippen LogP contribution is -2.14. The van der Waals surface area contributed by atoms with E-state index in [9.17, 15) is 0 Å². The Kier molecular flexibility index (Phi) is 7.46. The van der Waals surface area contributed by atoms with Crippen molar-refractivity contribution in [2.45, 2.75) is 0 Å². The van der Waals surface area contributed by atoms with Gasteiger partial charge in [-0.3, -0.25) is 4.90 Å². The summed E-state index contributed by atoms with van der Waals surface area (Å²) in [5.41, 5.74) is 14.1. The first-order valence-corrected chi connectivity index (χ1v) is 19.0. The number of rotatable bonds is 5. The predicted octanol–water partition coefficient (Wildman–Crippen LogP) is 13.7. The van der Waals surface area contributed by atoms with Gasteiger partial charge in [0.15, 0.2) is 5.82 Å². The van der Waals surface area contributed by atoms with Crippen molar-refractivity contribution in [3.8, 4) is 61.8 Å². The predicted molar refractivity (Wildman–Crippen MR) is 232 cm³/mol. The normalized spacial score (nSPS) is 11.9. The minimum absolute atomic E-state index is 0.668. The Morgan fingerprint density at radius 3 is 1.84 bits per heavy atom. The highest BCUT2D eigenvalue weighted by atomic mass is 15.2. The molecule has 0 N–H and O–H groups in total. The van der Waals surface area contributed by atoms with Gasteiger partial charge in [0, 0.05) is 45.0 Å². The Balaban J connectivity index is 1.19. The van der Waals surface area contributed by atoms with Gasteiger partial charge in [-0.2, -0.15) is 0 Å². The van der Waals surface area contributed by atoms with Crippen LogP contribution in [0.4, 0.5) is 17.2 Å². The van der Waals surface area contributed by atoms with Gasteiger partial charge in [0.2, 0.25) is 0 Å². The lowest BCUT2D eigenvalue weighted by Gasteiger charge is -2.27. The molecule has 0 saturated carbocycles. The molecule has 3 heterocycles. The largest absolute Gasteiger partial charge is 0.309 e. The molecule has 4 heteroatoms. The number of aromatic nitrogens is 3. The summed E-state index contributed by atoms with van der Waals surface area (Å²) in [5, 5.41) is 3.63. The summed E-state index contributed by atoms with van der Waals surface area (Å²) < 4.78 is 2.45. The summed E-state index contributed by atoms with van der Waals surface area (Å²) in [7, 11) is 0. The first kappa shape index (κ1) is 31.9. The fourth-order valence-corrected chi connectivity index (χ4v) is 8.38. The molecule has 0 amide bonds. The van der Waals surface area contributed by atoms with Gasteiger partial charge in [-0.1, -0.05) is 164 Å². The first-order valence-electron chi connectivity index (χ1n) is 19.0. The van der Waals surface area contributed by atoms with Gasteiger partial charge < -0.3 is 4.57 Å². The molecule has 1 aliphatic rings. The van der Waals surface area contributed by atoms with E-state index in [4.69, 9.17) is 9.97 Å². The molecule has 1 aliphatic heterocycles. The molecule has 0 radical (unpaired) electrons. The number of hydrogen-bond donors (Lipinski definition) is 0. The summed E-state index contributed by atoms with van der Waals surface area (Å²) in [6.45, 7) is 0. The quantitative estimate of drug-likeness (QED) is 0.178. The Hall–Kier alpha value is -7.56. The zero-order valence-corrected chi connectivity index (χ0v) is 30.4. The highest BCUT2D eigenvalue weighted by molar-refractivity contribution is 6.13. The fraction of sp³-hybridized carbons (Fsp3) is 0. The van der Waals surface area contributed by atoms with Crippen molar-refractivity contribution in [3.63, 3.8) is 0 Å². The van der Waals surface area contributed by atoms with Crippen molar-refractivity contribution < 1.29 is 0 Å². The van der Waals surface area contributed by atoms with E-state index in [-0.39, 0.29) is 0 Å². The third-order valence-corrected chi connectivity index (χ3v) is 10.9. The number of anilines is 3.